The van der Waals surface area contributed by atoms with Crippen molar-refractivity contribution in [3.63, 3.8) is 0 Å². The molecule has 0 saturated heterocycles. The monoisotopic (exact) mass is 404 g/mol. The highest BCUT2D eigenvalue weighted by atomic mass is 32.1. The Morgan fingerprint density at radius 3 is 2.45 bits per heavy atom. The number of hydrogen-bond acceptors (Lipinski definition) is 6. The zero-order valence-corrected chi connectivity index (χ0v) is 17.2. The highest BCUT2D eigenvalue weighted by Crippen LogP contribution is 2.24. The Bertz CT molecular complexity index is 1040. The highest BCUT2D eigenvalue weighted by Gasteiger charge is 2.05. The minimum atomic E-state index is 0.868. The van der Waals surface area contributed by atoms with Gasteiger partial charge in [-0.3, -0.25) is 0 Å². The number of hydrogen-bond donors (Lipinski definition) is 2. The van der Waals surface area contributed by atoms with Crippen molar-refractivity contribution in [1.82, 2.24) is 14.7 Å². The summed E-state index contributed by atoms with van der Waals surface area (Å²) < 4.78 is 9.66. The maximum atomic E-state index is 5.22. The number of methoxy groups -OCH3 is 1. The van der Waals surface area contributed by atoms with Crippen LogP contribution >= 0.6 is 11.5 Å². The molecule has 148 valence electrons. The first-order chi connectivity index (χ1) is 14.3. The molecule has 5 nitrogen and oxygen atoms in total. The van der Waals surface area contributed by atoms with Crippen molar-refractivity contribution in [2.45, 2.75) is 13.0 Å². The lowest BCUT2D eigenvalue weighted by atomic mass is 10.0. The predicted octanol–water partition coefficient (Wildman–Crippen LogP) is 4.96. The Balaban J connectivity index is 1.19. The van der Waals surface area contributed by atoms with Crippen molar-refractivity contribution in [3.8, 4) is 16.9 Å². The summed E-state index contributed by atoms with van der Waals surface area (Å²) in [5.74, 6) is 1.82. The van der Waals surface area contributed by atoms with Gasteiger partial charge in [0.2, 0.25) is 0 Å². The summed E-state index contributed by atoms with van der Waals surface area (Å²) in [7, 11) is 1.69. The van der Waals surface area contributed by atoms with Crippen LogP contribution in [0, 0.1) is 0 Å². The number of ether oxygens (including phenoxy) is 1. The lowest BCUT2D eigenvalue weighted by Gasteiger charge is -2.08. The van der Waals surface area contributed by atoms with Crippen LogP contribution < -0.4 is 15.4 Å². The molecule has 0 radical (unpaired) electrons. The molecule has 0 saturated carbocycles. The van der Waals surface area contributed by atoms with E-state index in [1.807, 2.05) is 18.2 Å². The van der Waals surface area contributed by atoms with E-state index in [1.165, 1.54) is 28.2 Å². The van der Waals surface area contributed by atoms with Gasteiger partial charge in [-0.05, 0) is 65.5 Å². The summed E-state index contributed by atoms with van der Waals surface area (Å²) in [6, 6.07) is 20.8. The van der Waals surface area contributed by atoms with Crippen LogP contribution in [0.3, 0.4) is 0 Å². The van der Waals surface area contributed by atoms with E-state index in [1.54, 1.807) is 13.3 Å². The average molecular weight is 405 g/mol. The number of pyridine rings is 1. The van der Waals surface area contributed by atoms with E-state index in [2.05, 4.69) is 62.5 Å². The van der Waals surface area contributed by atoms with Crippen molar-refractivity contribution < 1.29 is 4.74 Å². The fourth-order valence-corrected chi connectivity index (χ4v) is 3.87. The Hall–Kier alpha value is -2.96. The van der Waals surface area contributed by atoms with Gasteiger partial charge in [-0.1, -0.05) is 36.4 Å². The molecule has 2 aromatic carbocycles. The second-order valence-electron chi connectivity index (χ2n) is 6.77. The lowest BCUT2D eigenvalue weighted by Crippen LogP contribution is -2.17. The number of fused-ring (bicyclic) bond motifs is 1. The van der Waals surface area contributed by atoms with Gasteiger partial charge in [0.15, 0.2) is 0 Å². The lowest BCUT2D eigenvalue weighted by molar-refractivity contribution is 0.415. The molecule has 29 heavy (non-hydrogen) atoms. The third kappa shape index (κ3) is 4.91. The second kappa shape index (κ2) is 9.49. The first-order valence-electron chi connectivity index (χ1n) is 9.72. The van der Waals surface area contributed by atoms with Crippen LogP contribution in [-0.2, 0) is 6.54 Å². The Morgan fingerprint density at radius 2 is 1.69 bits per heavy atom. The molecule has 4 rings (SSSR count). The van der Waals surface area contributed by atoms with Crippen molar-refractivity contribution in [2.24, 2.45) is 0 Å². The summed E-state index contributed by atoms with van der Waals surface area (Å²) in [4.78, 5) is 5.30. The smallest absolute Gasteiger partial charge is 0.149 e. The first-order valence-corrected chi connectivity index (χ1v) is 10.5. The topological polar surface area (TPSA) is 59.1 Å². The molecule has 0 bridgehead atoms. The summed E-state index contributed by atoms with van der Waals surface area (Å²) in [6.07, 6.45) is 2.83. The SMILES string of the molecule is COc1ccc(-c2ccc(CNCCCNc3nsc4ncccc34)cc2)cc1. The quantitative estimate of drug-likeness (QED) is 0.386. The standard InChI is InChI=1S/C23H24N4OS/c1-28-20-11-9-19(10-12-20)18-7-5-17(6-8-18)16-24-13-3-15-25-22-21-4-2-14-26-23(21)29-27-22/h2,4-12,14,24H,3,13,15-16H2,1H3,(H,25,27). The Labute approximate surface area is 174 Å². The fraction of sp³-hybridized carbons (Fsp3) is 0.217. The summed E-state index contributed by atoms with van der Waals surface area (Å²) in [6.45, 7) is 2.71. The van der Waals surface area contributed by atoms with Crippen molar-refractivity contribution in [2.75, 3.05) is 25.5 Å². The minimum Gasteiger partial charge on any atom is -0.497 e. The number of nitrogens with zero attached hydrogens (tertiary/aromatic N) is 2. The largest absolute Gasteiger partial charge is 0.497 e. The van der Waals surface area contributed by atoms with Gasteiger partial charge in [-0.15, -0.1) is 0 Å². The number of aromatic nitrogens is 2. The van der Waals surface area contributed by atoms with Gasteiger partial charge in [0.1, 0.15) is 16.4 Å². The van der Waals surface area contributed by atoms with Gasteiger partial charge in [0.25, 0.3) is 0 Å². The number of benzene rings is 2. The molecule has 0 spiro atoms. The van der Waals surface area contributed by atoms with Crippen LogP contribution in [-0.4, -0.2) is 29.6 Å². The summed E-state index contributed by atoms with van der Waals surface area (Å²) >= 11 is 1.44. The minimum absolute atomic E-state index is 0.868. The van der Waals surface area contributed by atoms with Gasteiger partial charge < -0.3 is 15.4 Å². The van der Waals surface area contributed by atoms with Gasteiger partial charge in [0, 0.05) is 19.3 Å². The molecule has 0 aliphatic rings. The van der Waals surface area contributed by atoms with E-state index < -0.39 is 0 Å². The predicted molar refractivity (Wildman–Crippen MR) is 121 cm³/mol. The molecular weight excluding hydrogens is 380 g/mol. The van der Waals surface area contributed by atoms with Gasteiger partial charge >= 0.3 is 0 Å². The molecule has 0 aliphatic carbocycles. The van der Waals surface area contributed by atoms with Crippen LogP contribution in [0.1, 0.15) is 12.0 Å². The molecule has 2 aromatic heterocycles. The Morgan fingerprint density at radius 1 is 0.931 bits per heavy atom. The zero-order chi connectivity index (χ0) is 19.9. The maximum absolute atomic E-state index is 5.22. The summed E-state index contributed by atoms with van der Waals surface area (Å²) in [5.41, 5.74) is 3.69. The molecule has 6 heteroatoms. The normalized spacial score (nSPS) is 10.9. The number of rotatable bonds is 9. The fourth-order valence-electron chi connectivity index (χ4n) is 3.16. The maximum Gasteiger partial charge on any atom is 0.149 e. The molecule has 2 N–H and O–H groups in total. The van der Waals surface area contributed by atoms with E-state index in [4.69, 9.17) is 4.74 Å². The van der Waals surface area contributed by atoms with Gasteiger partial charge in [-0.25, -0.2) is 4.98 Å². The van der Waals surface area contributed by atoms with E-state index in [-0.39, 0.29) is 0 Å². The molecule has 0 unspecified atom stereocenters. The van der Waals surface area contributed by atoms with Crippen molar-refractivity contribution in [3.05, 3.63) is 72.4 Å². The van der Waals surface area contributed by atoms with E-state index in [0.717, 1.165) is 47.8 Å². The molecule has 4 aromatic rings. The molecule has 0 fully saturated rings. The second-order valence-corrected chi connectivity index (χ2v) is 7.52. The van der Waals surface area contributed by atoms with Crippen molar-refractivity contribution in [1.29, 1.82) is 0 Å². The van der Waals surface area contributed by atoms with Crippen LogP contribution in [0.4, 0.5) is 5.82 Å². The number of nitrogens with one attached hydrogen (secondary N) is 2. The molecule has 0 atom stereocenters. The molecule has 2 heterocycles. The van der Waals surface area contributed by atoms with Gasteiger partial charge in [0.05, 0.1) is 12.5 Å². The van der Waals surface area contributed by atoms with E-state index in [9.17, 15) is 0 Å². The van der Waals surface area contributed by atoms with Crippen LogP contribution in [0.25, 0.3) is 21.3 Å². The molecule has 0 aliphatic heterocycles. The highest BCUT2D eigenvalue weighted by molar-refractivity contribution is 7.13. The van der Waals surface area contributed by atoms with Crippen molar-refractivity contribution >= 4 is 27.6 Å². The molecule has 0 amide bonds. The molecular formula is C23H24N4OS. The van der Waals surface area contributed by atoms with Crippen LogP contribution in [0.5, 0.6) is 5.75 Å². The van der Waals surface area contributed by atoms with E-state index >= 15 is 0 Å². The Kier molecular flexibility index (Phi) is 6.34. The number of anilines is 1. The van der Waals surface area contributed by atoms with Crippen LogP contribution in [0.2, 0.25) is 0 Å². The zero-order valence-electron chi connectivity index (χ0n) is 16.4. The van der Waals surface area contributed by atoms with Crippen LogP contribution in [0.15, 0.2) is 66.9 Å². The summed E-state index contributed by atoms with van der Waals surface area (Å²) in [5, 5.41) is 8.02. The van der Waals surface area contributed by atoms with Gasteiger partial charge in [-0.2, -0.15) is 4.37 Å². The van der Waals surface area contributed by atoms with E-state index in [0.29, 0.717) is 0 Å². The third-order valence-corrected chi connectivity index (χ3v) is 5.55. The average Bonchev–Trinajstić information content (AvgIpc) is 3.20. The third-order valence-electron chi connectivity index (χ3n) is 4.78. The first kappa shape index (κ1) is 19.4.